The number of hydrogen-bond acceptors (Lipinski definition) is 3. The lowest BCUT2D eigenvalue weighted by atomic mass is 10.3. The van der Waals surface area contributed by atoms with Gasteiger partial charge in [0.2, 0.25) is 0 Å². The highest BCUT2D eigenvalue weighted by atomic mass is 16.4. The van der Waals surface area contributed by atoms with E-state index in [2.05, 4.69) is 5.32 Å². The summed E-state index contributed by atoms with van der Waals surface area (Å²) in [6.07, 6.45) is 2.77. The van der Waals surface area contributed by atoms with Crippen LogP contribution in [0, 0.1) is 0 Å². The van der Waals surface area contributed by atoms with E-state index in [9.17, 15) is 9.59 Å². The number of urea groups is 1. The Kier molecular flexibility index (Phi) is 6.35. The van der Waals surface area contributed by atoms with Crippen LogP contribution < -0.4 is 5.32 Å². The SMILES string of the molecule is CC(C)=CCNC(=O)N1CCCN(CC(=O)O)CC1. The molecule has 1 fully saturated rings. The number of carbonyl (C=O) groups excluding carboxylic acids is 1. The number of amides is 2. The second-order valence-electron chi connectivity index (χ2n) is 4.98. The molecule has 108 valence electrons. The van der Waals surface area contributed by atoms with Crippen LogP contribution in [0.15, 0.2) is 11.6 Å². The van der Waals surface area contributed by atoms with Gasteiger partial charge in [-0.2, -0.15) is 0 Å². The third-order valence-electron chi connectivity index (χ3n) is 3.00. The van der Waals surface area contributed by atoms with Crippen LogP contribution in [-0.2, 0) is 4.79 Å². The molecule has 2 N–H and O–H groups in total. The van der Waals surface area contributed by atoms with E-state index in [1.807, 2.05) is 24.8 Å². The van der Waals surface area contributed by atoms with Crippen LogP contribution in [0.3, 0.4) is 0 Å². The van der Waals surface area contributed by atoms with Gasteiger partial charge in [0.05, 0.1) is 6.54 Å². The summed E-state index contributed by atoms with van der Waals surface area (Å²) >= 11 is 0. The number of carboxylic acid groups (broad SMARTS) is 1. The molecule has 1 heterocycles. The third-order valence-corrected chi connectivity index (χ3v) is 3.00. The molecule has 19 heavy (non-hydrogen) atoms. The Bertz CT molecular complexity index is 351. The predicted molar refractivity (Wildman–Crippen MR) is 73.1 cm³/mol. The minimum absolute atomic E-state index is 0.0488. The number of hydrogen-bond donors (Lipinski definition) is 2. The van der Waals surface area contributed by atoms with Crippen molar-refractivity contribution in [2.45, 2.75) is 20.3 Å². The number of rotatable bonds is 4. The fourth-order valence-electron chi connectivity index (χ4n) is 1.98. The first-order valence-electron chi connectivity index (χ1n) is 6.59. The summed E-state index contributed by atoms with van der Waals surface area (Å²) in [5.74, 6) is -0.818. The zero-order valence-electron chi connectivity index (χ0n) is 11.7. The molecule has 0 bridgehead atoms. The summed E-state index contributed by atoms with van der Waals surface area (Å²) in [5, 5.41) is 11.6. The van der Waals surface area contributed by atoms with Crippen LogP contribution in [-0.4, -0.2) is 66.2 Å². The van der Waals surface area contributed by atoms with Gasteiger partial charge in [0.25, 0.3) is 0 Å². The summed E-state index contributed by atoms with van der Waals surface area (Å²) in [6.45, 7) is 7.16. The van der Waals surface area contributed by atoms with E-state index in [1.54, 1.807) is 4.90 Å². The average molecular weight is 269 g/mol. The maximum absolute atomic E-state index is 11.9. The lowest BCUT2D eigenvalue weighted by molar-refractivity contribution is -0.138. The number of carbonyl (C=O) groups is 2. The Labute approximate surface area is 114 Å². The number of nitrogens with one attached hydrogen (secondary N) is 1. The second-order valence-corrected chi connectivity index (χ2v) is 4.98. The first-order chi connectivity index (χ1) is 8.99. The van der Waals surface area contributed by atoms with Crippen LogP contribution in [0.1, 0.15) is 20.3 Å². The molecule has 1 rings (SSSR count). The molecule has 0 spiro atoms. The average Bonchev–Trinajstić information content (AvgIpc) is 2.53. The summed E-state index contributed by atoms with van der Waals surface area (Å²) in [4.78, 5) is 26.2. The monoisotopic (exact) mass is 269 g/mol. The van der Waals surface area contributed by atoms with Crippen molar-refractivity contribution in [3.05, 3.63) is 11.6 Å². The van der Waals surface area contributed by atoms with Crippen LogP contribution in [0.5, 0.6) is 0 Å². The quantitative estimate of drug-likeness (QED) is 0.739. The van der Waals surface area contributed by atoms with Crippen molar-refractivity contribution in [3.63, 3.8) is 0 Å². The Hall–Kier alpha value is -1.56. The molecule has 0 aromatic carbocycles. The van der Waals surface area contributed by atoms with E-state index in [0.29, 0.717) is 26.2 Å². The fraction of sp³-hybridized carbons (Fsp3) is 0.692. The molecule has 1 saturated heterocycles. The van der Waals surface area contributed by atoms with Crippen LogP contribution in [0.25, 0.3) is 0 Å². The van der Waals surface area contributed by atoms with Crippen LogP contribution >= 0.6 is 0 Å². The minimum atomic E-state index is -0.818. The standard InChI is InChI=1S/C13H23N3O3/c1-11(2)4-5-14-13(19)16-7-3-6-15(8-9-16)10-12(17)18/h4H,3,5-10H2,1-2H3,(H,14,19)(H,17,18). The Balaban J connectivity index is 2.37. The van der Waals surface area contributed by atoms with Crippen molar-refractivity contribution >= 4 is 12.0 Å². The number of aliphatic carboxylic acids is 1. The fourth-order valence-corrected chi connectivity index (χ4v) is 1.98. The van der Waals surface area contributed by atoms with Crippen LogP contribution in [0.2, 0.25) is 0 Å². The van der Waals surface area contributed by atoms with Crippen molar-refractivity contribution in [2.24, 2.45) is 0 Å². The molecule has 0 atom stereocenters. The first-order valence-corrected chi connectivity index (χ1v) is 6.59. The molecular formula is C13H23N3O3. The lowest BCUT2D eigenvalue weighted by Crippen LogP contribution is -2.42. The van der Waals surface area contributed by atoms with Crippen LogP contribution in [0.4, 0.5) is 4.79 Å². The van der Waals surface area contributed by atoms with Crippen molar-refractivity contribution in [1.82, 2.24) is 15.1 Å². The Morgan fingerprint density at radius 1 is 1.21 bits per heavy atom. The van der Waals surface area contributed by atoms with Crippen molar-refractivity contribution in [3.8, 4) is 0 Å². The van der Waals surface area contributed by atoms with Crippen molar-refractivity contribution in [1.29, 1.82) is 0 Å². The summed E-state index contributed by atoms with van der Waals surface area (Å²) in [6, 6.07) is -0.0744. The van der Waals surface area contributed by atoms with Crippen molar-refractivity contribution in [2.75, 3.05) is 39.3 Å². The smallest absolute Gasteiger partial charge is 0.317 e. The summed E-state index contributed by atoms with van der Waals surface area (Å²) in [7, 11) is 0. The molecular weight excluding hydrogens is 246 g/mol. The normalized spacial score (nSPS) is 16.6. The van der Waals surface area contributed by atoms with Gasteiger partial charge in [-0.25, -0.2) is 4.79 Å². The lowest BCUT2D eigenvalue weighted by Gasteiger charge is -2.21. The molecule has 1 aliphatic heterocycles. The molecule has 0 radical (unpaired) electrons. The van der Waals surface area contributed by atoms with Crippen molar-refractivity contribution < 1.29 is 14.7 Å². The zero-order chi connectivity index (χ0) is 14.3. The molecule has 0 aromatic heterocycles. The first kappa shape index (κ1) is 15.5. The highest BCUT2D eigenvalue weighted by Gasteiger charge is 2.19. The molecule has 0 aromatic rings. The third kappa shape index (κ3) is 6.24. The van der Waals surface area contributed by atoms with E-state index in [-0.39, 0.29) is 12.6 Å². The largest absolute Gasteiger partial charge is 0.480 e. The van der Waals surface area contributed by atoms with Gasteiger partial charge in [-0.1, -0.05) is 11.6 Å². The van der Waals surface area contributed by atoms with E-state index in [4.69, 9.17) is 5.11 Å². The number of nitrogens with zero attached hydrogens (tertiary/aromatic N) is 2. The van der Waals surface area contributed by atoms with E-state index in [0.717, 1.165) is 13.0 Å². The second kappa shape index (κ2) is 7.78. The molecule has 1 aliphatic rings. The highest BCUT2D eigenvalue weighted by Crippen LogP contribution is 2.03. The number of allylic oxidation sites excluding steroid dienone is 1. The molecule has 0 unspecified atom stereocenters. The van der Waals surface area contributed by atoms with E-state index < -0.39 is 5.97 Å². The van der Waals surface area contributed by atoms with Gasteiger partial charge in [-0.05, 0) is 20.3 Å². The highest BCUT2D eigenvalue weighted by molar-refractivity contribution is 5.74. The van der Waals surface area contributed by atoms with Gasteiger partial charge in [0, 0.05) is 32.7 Å². The van der Waals surface area contributed by atoms with Gasteiger partial charge in [0.15, 0.2) is 0 Å². The van der Waals surface area contributed by atoms with Gasteiger partial charge >= 0.3 is 12.0 Å². The molecule has 0 saturated carbocycles. The van der Waals surface area contributed by atoms with E-state index in [1.165, 1.54) is 5.57 Å². The topological polar surface area (TPSA) is 72.9 Å². The van der Waals surface area contributed by atoms with Gasteiger partial charge in [-0.3, -0.25) is 9.69 Å². The maximum atomic E-state index is 11.9. The maximum Gasteiger partial charge on any atom is 0.317 e. The summed E-state index contributed by atoms with van der Waals surface area (Å²) in [5.41, 5.74) is 1.17. The molecule has 6 heteroatoms. The Morgan fingerprint density at radius 2 is 1.95 bits per heavy atom. The minimum Gasteiger partial charge on any atom is -0.480 e. The Morgan fingerprint density at radius 3 is 2.58 bits per heavy atom. The predicted octanol–water partition coefficient (Wildman–Crippen LogP) is 0.755. The molecule has 6 nitrogen and oxygen atoms in total. The van der Waals surface area contributed by atoms with Gasteiger partial charge in [0.1, 0.15) is 0 Å². The van der Waals surface area contributed by atoms with Gasteiger partial charge in [-0.15, -0.1) is 0 Å². The van der Waals surface area contributed by atoms with Gasteiger partial charge < -0.3 is 15.3 Å². The number of carboxylic acids is 1. The molecule has 2 amide bonds. The van der Waals surface area contributed by atoms with E-state index >= 15 is 0 Å². The zero-order valence-corrected chi connectivity index (χ0v) is 11.7. The molecule has 0 aliphatic carbocycles. The summed E-state index contributed by atoms with van der Waals surface area (Å²) < 4.78 is 0.